The van der Waals surface area contributed by atoms with Gasteiger partial charge in [-0.1, -0.05) is 11.6 Å². The van der Waals surface area contributed by atoms with Crippen molar-refractivity contribution >= 4 is 17.5 Å². The van der Waals surface area contributed by atoms with Crippen molar-refractivity contribution in [1.82, 2.24) is 14.8 Å². The lowest BCUT2D eigenvalue weighted by Gasteiger charge is -2.45. The third-order valence-corrected chi connectivity index (χ3v) is 3.91. The Kier molecular flexibility index (Phi) is 3.59. The molecular formula is C13H18ClN3O. The topological polar surface area (TPSA) is 36.4 Å². The number of amides is 1. The Labute approximate surface area is 113 Å². The molecule has 1 saturated heterocycles. The smallest absolute Gasteiger partial charge is 0.255 e. The molecule has 0 bridgehead atoms. The van der Waals surface area contributed by atoms with E-state index in [9.17, 15) is 4.79 Å². The summed E-state index contributed by atoms with van der Waals surface area (Å²) in [5, 5.41) is 0.416. The normalized spacial score (nSPS) is 19.9. The third-order valence-electron chi connectivity index (χ3n) is 3.61. The molecule has 1 aromatic heterocycles. The standard InChI is InChI=1S/C13H18ClN3O/c1-13(2)9-17(7-6-16(13)3)12(18)10-4-5-15-8-11(10)14/h4-5,8H,6-7,9H2,1-3H3. The van der Waals surface area contributed by atoms with E-state index in [1.807, 2.05) is 4.90 Å². The Morgan fingerprint density at radius 1 is 1.44 bits per heavy atom. The largest absolute Gasteiger partial charge is 0.335 e. The molecule has 0 N–H and O–H groups in total. The molecule has 0 aromatic carbocycles. The Morgan fingerprint density at radius 2 is 2.17 bits per heavy atom. The quantitative estimate of drug-likeness (QED) is 0.780. The van der Waals surface area contributed by atoms with Crippen LogP contribution in [0.4, 0.5) is 0 Å². The minimum Gasteiger partial charge on any atom is -0.335 e. The van der Waals surface area contributed by atoms with Gasteiger partial charge in [0, 0.05) is 37.6 Å². The van der Waals surface area contributed by atoms with E-state index in [2.05, 4.69) is 30.8 Å². The van der Waals surface area contributed by atoms with E-state index in [1.165, 1.54) is 6.20 Å². The summed E-state index contributed by atoms with van der Waals surface area (Å²) in [6, 6.07) is 1.68. The molecule has 18 heavy (non-hydrogen) atoms. The average molecular weight is 268 g/mol. The van der Waals surface area contributed by atoms with Crippen LogP contribution in [0.1, 0.15) is 24.2 Å². The first-order valence-corrected chi connectivity index (χ1v) is 6.39. The predicted octanol–water partition coefficient (Wildman–Crippen LogP) is 1.90. The average Bonchev–Trinajstić information content (AvgIpc) is 2.32. The molecule has 0 unspecified atom stereocenters. The van der Waals surface area contributed by atoms with Crippen LogP contribution < -0.4 is 0 Å². The highest BCUT2D eigenvalue weighted by Crippen LogP contribution is 2.22. The van der Waals surface area contributed by atoms with E-state index >= 15 is 0 Å². The number of hydrogen-bond acceptors (Lipinski definition) is 3. The van der Waals surface area contributed by atoms with Crippen LogP contribution in [0, 0.1) is 0 Å². The Bertz CT molecular complexity index is 461. The maximum atomic E-state index is 12.4. The first-order chi connectivity index (χ1) is 8.42. The fourth-order valence-electron chi connectivity index (χ4n) is 2.13. The molecular weight excluding hydrogens is 250 g/mol. The van der Waals surface area contributed by atoms with E-state index in [-0.39, 0.29) is 11.4 Å². The van der Waals surface area contributed by atoms with Crippen LogP contribution in [-0.2, 0) is 0 Å². The second-order valence-corrected chi connectivity index (χ2v) is 5.72. The van der Waals surface area contributed by atoms with Gasteiger partial charge in [-0.2, -0.15) is 0 Å². The molecule has 98 valence electrons. The molecule has 1 amide bonds. The lowest BCUT2D eigenvalue weighted by molar-refractivity contribution is 0.0311. The number of halogens is 1. The van der Waals surface area contributed by atoms with Gasteiger partial charge in [0.05, 0.1) is 10.6 Å². The van der Waals surface area contributed by atoms with Gasteiger partial charge in [0.1, 0.15) is 0 Å². The number of hydrogen-bond donors (Lipinski definition) is 0. The third kappa shape index (κ3) is 2.49. The van der Waals surface area contributed by atoms with Gasteiger partial charge in [-0.05, 0) is 27.0 Å². The summed E-state index contributed by atoms with van der Waals surface area (Å²) >= 11 is 6.02. The van der Waals surface area contributed by atoms with Crippen molar-refractivity contribution in [3.63, 3.8) is 0 Å². The zero-order chi connectivity index (χ0) is 13.3. The molecule has 1 aliphatic rings. The number of aromatic nitrogens is 1. The number of likely N-dealkylation sites (N-methyl/N-ethyl adjacent to an activating group) is 1. The van der Waals surface area contributed by atoms with Gasteiger partial charge in [0.2, 0.25) is 0 Å². The van der Waals surface area contributed by atoms with Crippen molar-refractivity contribution in [1.29, 1.82) is 0 Å². The van der Waals surface area contributed by atoms with E-state index in [0.29, 0.717) is 17.1 Å². The number of pyridine rings is 1. The molecule has 2 heterocycles. The number of carbonyl (C=O) groups excluding carboxylic acids is 1. The summed E-state index contributed by atoms with van der Waals surface area (Å²) < 4.78 is 0. The number of carbonyl (C=O) groups is 1. The van der Waals surface area contributed by atoms with Crippen LogP contribution >= 0.6 is 11.6 Å². The molecule has 1 aromatic rings. The van der Waals surface area contributed by atoms with Crippen LogP contribution in [0.15, 0.2) is 18.5 Å². The van der Waals surface area contributed by atoms with Crippen molar-refractivity contribution in [2.75, 3.05) is 26.7 Å². The molecule has 1 aliphatic heterocycles. The lowest BCUT2D eigenvalue weighted by atomic mass is 9.99. The van der Waals surface area contributed by atoms with Gasteiger partial charge in [0.15, 0.2) is 0 Å². The summed E-state index contributed by atoms with van der Waals surface area (Å²) in [6.07, 6.45) is 3.11. The number of rotatable bonds is 1. The monoisotopic (exact) mass is 267 g/mol. The van der Waals surface area contributed by atoms with Crippen LogP contribution in [0.5, 0.6) is 0 Å². The van der Waals surface area contributed by atoms with Gasteiger partial charge in [-0.25, -0.2) is 0 Å². The van der Waals surface area contributed by atoms with Crippen molar-refractivity contribution in [3.8, 4) is 0 Å². The van der Waals surface area contributed by atoms with E-state index in [4.69, 9.17) is 11.6 Å². The molecule has 0 atom stereocenters. The van der Waals surface area contributed by atoms with E-state index in [0.717, 1.165) is 13.1 Å². The van der Waals surface area contributed by atoms with E-state index < -0.39 is 0 Å². The molecule has 1 fully saturated rings. The minimum absolute atomic E-state index is 0.00653. The van der Waals surface area contributed by atoms with Crippen molar-refractivity contribution < 1.29 is 4.79 Å². The molecule has 0 saturated carbocycles. The van der Waals surface area contributed by atoms with Gasteiger partial charge in [-0.3, -0.25) is 14.7 Å². The van der Waals surface area contributed by atoms with Gasteiger partial charge in [0.25, 0.3) is 5.91 Å². The number of nitrogens with zero attached hydrogens (tertiary/aromatic N) is 3. The van der Waals surface area contributed by atoms with Crippen molar-refractivity contribution in [2.45, 2.75) is 19.4 Å². The fraction of sp³-hybridized carbons (Fsp3) is 0.538. The first kappa shape index (κ1) is 13.3. The zero-order valence-electron chi connectivity index (χ0n) is 11.0. The summed E-state index contributed by atoms with van der Waals surface area (Å²) in [6.45, 7) is 6.60. The molecule has 0 spiro atoms. The summed E-state index contributed by atoms with van der Waals surface area (Å²) in [7, 11) is 2.08. The number of piperazine rings is 1. The first-order valence-electron chi connectivity index (χ1n) is 6.02. The van der Waals surface area contributed by atoms with Gasteiger partial charge < -0.3 is 4.90 Å². The second kappa shape index (κ2) is 4.86. The van der Waals surface area contributed by atoms with Gasteiger partial charge >= 0.3 is 0 Å². The maximum absolute atomic E-state index is 12.4. The Hall–Kier alpha value is -1.13. The summed E-state index contributed by atoms with van der Waals surface area (Å²) in [4.78, 5) is 20.4. The summed E-state index contributed by atoms with van der Waals surface area (Å²) in [5.41, 5.74) is 0.528. The Morgan fingerprint density at radius 3 is 2.78 bits per heavy atom. The minimum atomic E-state index is -0.0106. The van der Waals surface area contributed by atoms with Crippen LogP contribution in [0.2, 0.25) is 5.02 Å². The highest BCUT2D eigenvalue weighted by Gasteiger charge is 2.33. The van der Waals surface area contributed by atoms with Crippen molar-refractivity contribution in [3.05, 3.63) is 29.0 Å². The molecule has 4 nitrogen and oxygen atoms in total. The van der Waals surface area contributed by atoms with Crippen molar-refractivity contribution in [2.24, 2.45) is 0 Å². The molecule has 2 rings (SSSR count). The van der Waals surface area contributed by atoms with Crippen LogP contribution in [0.3, 0.4) is 0 Å². The zero-order valence-corrected chi connectivity index (χ0v) is 11.7. The SMILES string of the molecule is CN1CCN(C(=O)c2ccncc2Cl)CC1(C)C. The van der Waals surface area contributed by atoms with Crippen LogP contribution in [-0.4, -0.2) is 52.9 Å². The van der Waals surface area contributed by atoms with Gasteiger partial charge in [-0.15, -0.1) is 0 Å². The molecule has 0 aliphatic carbocycles. The van der Waals surface area contributed by atoms with Crippen LogP contribution in [0.25, 0.3) is 0 Å². The highest BCUT2D eigenvalue weighted by molar-refractivity contribution is 6.33. The molecule has 5 heteroatoms. The highest BCUT2D eigenvalue weighted by atomic mass is 35.5. The molecule has 0 radical (unpaired) electrons. The summed E-state index contributed by atoms with van der Waals surface area (Å²) in [5.74, 6) is -0.0106. The maximum Gasteiger partial charge on any atom is 0.255 e. The fourth-order valence-corrected chi connectivity index (χ4v) is 2.33. The predicted molar refractivity (Wildman–Crippen MR) is 71.9 cm³/mol. The Balaban J connectivity index is 2.18. The van der Waals surface area contributed by atoms with E-state index in [1.54, 1.807) is 12.3 Å². The lowest BCUT2D eigenvalue weighted by Crippen LogP contribution is -2.58. The second-order valence-electron chi connectivity index (χ2n) is 5.32.